The summed E-state index contributed by atoms with van der Waals surface area (Å²) in [7, 11) is 0. The number of amides is 1. The van der Waals surface area contributed by atoms with Crippen LogP contribution in [0.3, 0.4) is 0 Å². The molecule has 128 valence electrons. The molecular weight excluding hydrogens is 314 g/mol. The van der Waals surface area contributed by atoms with Crippen molar-refractivity contribution in [2.24, 2.45) is 5.92 Å². The fraction of sp³-hybridized carbons (Fsp3) is 0.300. The molecule has 25 heavy (non-hydrogen) atoms. The quantitative estimate of drug-likeness (QED) is 0.767. The summed E-state index contributed by atoms with van der Waals surface area (Å²) >= 11 is 0. The Kier molecular flexibility index (Phi) is 4.48. The van der Waals surface area contributed by atoms with Gasteiger partial charge in [-0.25, -0.2) is 4.98 Å². The number of aromatic amines is 1. The highest BCUT2D eigenvalue weighted by atomic mass is 16.5. The first-order valence-corrected chi connectivity index (χ1v) is 8.68. The highest BCUT2D eigenvalue weighted by Crippen LogP contribution is 2.30. The molecule has 1 saturated heterocycles. The number of nitrogens with one attached hydrogen (secondary N) is 2. The van der Waals surface area contributed by atoms with E-state index in [2.05, 4.69) is 27.4 Å². The maximum Gasteiger partial charge on any atom is 0.251 e. The van der Waals surface area contributed by atoms with E-state index in [9.17, 15) is 4.79 Å². The van der Waals surface area contributed by atoms with Crippen LogP contribution in [0.5, 0.6) is 0 Å². The second-order valence-electron chi connectivity index (χ2n) is 6.45. The summed E-state index contributed by atoms with van der Waals surface area (Å²) < 4.78 is 5.49. The van der Waals surface area contributed by atoms with E-state index in [4.69, 9.17) is 4.74 Å². The van der Waals surface area contributed by atoms with Gasteiger partial charge in [-0.2, -0.15) is 0 Å². The zero-order valence-electron chi connectivity index (χ0n) is 13.9. The van der Waals surface area contributed by atoms with Crippen LogP contribution in [0.25, 0.3) is 11.0 Å². The van der Waals surface area contributed by atoms with Gasteiger partial charge >= 0.3 is 0 Å². The molecule has 1 aliphatic rings. The van der Waals surface area contributed by atoms with Gasteiger partial charge in [-0.3, -0.25) is 4.79 Å². The van der Waals surface area contributed by atoms with E-state index >= 15 is 0 Å². The molecule has 2 aromatic carbocycles. The number of benzene rings is 2. The van der Waals surface area contributed by atoms with Crippen molar-refractivity contribution in [2.45, 2.75) is 18.9 Å². The predicted octanol–water partition coefficient (Wildman–Crippen LogP) is 3.46. The molecule has 5 heteroatoms. The van der Waals surface area contributed by atoms with Crippen LogP contribution >= 0.6 is 0 Å². The van der Waals surface area contributed by atoms with Crippen molar-refractivity contribution < 1.29 is 9.53 Å². The van der Waals surface area contributed by atoms with E-state index < -0.39 is 0 Å². The van der Waals surface area contributed by atoms with Gasteiger partial charge in [-0.15, -0.1) is 0 Å². The second kappa shape index (κ2) is 7.07. The molecule has 2 heterocycles. The maximum atomic E-state index is 12.9. The van der Waals surface area contributed by atoms with Crippen LogP contribution in [0.4, 0.5) is 0 Å². The van der Waals surface area contributed by atoms with Crippen molar-refractivity contribution in [3.8, 4) is 0 Å². The number of ether oxygens (including phenoxy) is 1. The van der Waals surface area contributed by atoms with Gasteiger partial charge in [0.1, 0.15) is 0 Å². The first kappa shape index (κ1) is 15.8. The summed E-state index contributed by atoms with van der Waals surface area (Å²) in [6, 6.07) is 15.7. The van der Waals surface area contributed by atoms with E-state index in [1.165, 1.54) is 0 Å². The maximum absolute atomic E-state index is 12.9. The SMILES string of the molecule is O=C(N[C@@H](c1ccccc1)C1CCOCC1)c1ccc2nc[nH]c2c1. The predicted molar refractivity (Wildman–Crippen MR) is 96.3 cm³/mol. The molecule has 1 fully saturated rings. The summed E-state index contributed by atoms with van der Waals surface area (Å²) in [5, 5.41) is 3.25. The Bertz CT molecular complexity index is 854. The molecule has 0 saturated carbocycles. The minimum absolute atomic E-state index is 0.00457. The van der Waals surface area contributed by atoms with Crippen LogP contribution in [-0.4, -0.2) is 29.1 Å². The monoisotopic (exact) mass is 335 g/mol. The van der Waals surface area contributed by atoms with Crippen molar-refractivity contribution in [2.75, 3.05) is 13.2 Å². The van der Waals surface area contributed by atoms with Crippen LogP contribution in [0, 0.1) is 5.92 Å². The van der Waals surface area contributed by atoms with E-state index in [-0.39, 0.29) is 11.9 Å². The lowest BCUT2D eigenvalue weighted by atomic mass is 9.87. The Labute approximate surface area is 146 Å². The fourth-order valence-corrected chi connectivity index (χ4v) is 3.48. The largest absolute Gasteiger partial charge is 0.381 e. The van der Waals surface area contributed by atoms with Crippen LogP contribution in [0.15, 0.2) is 54.9 Å². The Morgan fingerprint density at radius 1 is 1.16 bits per heavy atom. The van der Waals surface area contributed by atoms with Gasteiger partial charge in [0.15, 0.2) is 0 Å². The van der Waals surface area contributed by atoms with Crippen LogP contribution in [-0.2, 0) is 4.74 Å². The fourth-order valence-electron chi connectivity index (χ4n) is 3.48. The zero-order valence-corrected chi connectivity index (χ0v) is 13.9. The molecule has 5 nitrogen and oxygen atoms in total. The summed E-state index contributed by atoms with van der Waals surface area (Å²) in [6.07, 6.45) is 3.56. The second-order valence-corrected chi connectivity index (χ2v) is 6.45. The molecule has 0 unspecified atom stereocenters. The average Bonchev–Trinajstić information content (AvgIpc) is 3.15. The van der Waals surface area contributed by atoms with Gasteiger partial charge in [0, 0.05) is 18.8 Å². The highest BCUT2D eigenvalue weighted by molar-refractivity contribution is 5.97. The number of fused-ring (bicyclic) bond motifs is 1. The van der Waals surface area contributed by atoms with Gasteiger partial charge in [0.2, 0.25) is 0 Å². The third-order valence-electron chi connectivity index (χ3n) is 4.87. The zero-order chi connectivity index (χ0) is 17.1. The number of nitrogens with zero attached hydrogens (tertiary/aromatic N) is 1. The topological polar surface area (TPSA) is 67.0 Å². The molecule has 1 atom stereocenters. The van der Waals surface area contributed by atoms with Crippen molar-refractivity contribution in [1.29, 1.82) is 0 Å². The first-order valence-electron chi connectivity index (χ1n) is 8.68. The van der Waals surface area contributed by atoms with Crippen molar-refractivity contribution in [3.05, 3.63) is 66.0 Å². The van der Waals surface area contributed by atoms with E-state index in [0.717, 1.165) is 42.7 Å². The molecule has 4 rings (SSSR count). The van der Waals surface area contributed by atoms with Gasteiger partial charge in [-0.05, 0) is 42.5 Å². The van der Waals surface area contributed by atoms with Crippen molar-refractivity contribution in [3.63, 3.8) is 0 Å². The van der Waals surface area contributed by atoms with Crippen molar-refractivity contribution in [1.82, 2.24) is 15.3 Å². The van der Waals surface area contributed by atoms with Crippen LogP contribution in [0.1, 0.15) is 34.8 Å². The molecular formula is C20H21N3O2. The Morgan fingerprint density at radius 2 is 1.96 bits per heavy atom. The highest BCUT2D eigenvalue weighted by Gasteiger charge is 2.27. The molecule has 0 bridgehead atoms. The standard InChI is InChI=1S/C20H21N3O2/c24-20(16-6-7-17-18(12-16)22-13-21-17)23-19(14-4-2-1-3-5-14)15-8-10-25-11-9-15/h1-7,12-13,15,19H,8-11H2,(H,21,22)(H,23,24)/t19-/m0/s1. The molecule has 3 aromatic rings. The number of rotatable bonds is 4. The minimum atomic E-state index is -0.0585. The number of carbonyl (C=O) groups excluding carboxylic acids is 1. The van der Waals surface area contributed by atoms with E-state index in [1.54, 1.807) is 6.33 Å². The molecule has 2 N–H and O–H groups in total. The normalized spacial score (nSPS) is 16.6. The van der Waals surface area contributed by atoms with Gasteiger partial charge in [0.05, 0.1) is 23.4 Å². The third-order valence-corrected chi connectivity index (χ3v) is 4.87. The van der Waals surface area contributed by atoms with Gasteiger partial charge < -0.3 is 15.0 Å². The summed E-state index contributed by atoms with van der Waals surface area (Å²) in [6.45, 7) is 1.51. The summed E-state index contributed by atoms with van der Waals surface area (Å²) in [5.74, 6) is 0.327. The third kappa shape index (κ3) is 3.42. The lowest BCUT2D eigenvalue weighted by Crippen LogP contribution is -2.36. The number of carbonyl (C=O) groups is 1. The summed E-state index contributed by atoms with van der Waals surface area (Å²) in [4.78, 5) is 20.1. The van der Waals surface area contributed by atoms with E-state index in [0.29, 0.717) is 11.5 Å². The Morgan fingerprint density at radius 3 is 2.76 bits per heavy atom. The lowest BCUT2D eigenvalue weighted by molar-refractivity contribution is 0.0514. The smallest absolute Gasteiger partial charge is 0.251 e. The molecule has 1 amide bonds. The lowest BCUT2D eigenvalue weighted by Gasteiger charge is -2.31. The van der Waals surface area contributed by atoms with Crippen LogP contribution in [0.2, 0.25) is 0 Å². The molecule has 1 aromatic heterocycles. The minimum Gasteiger partial charge on any atom is -0.381 e. The van der Waals surface area contributed by atoms with Gasteiger partial charge in [0.25, 0.3) is 5.91 Å². The van der Waals surface area contributed by atoms with Gasteiger partial charge in [-0.1, -0.05) is 30.3 Å². The number of hydrogen-bond acceptors (Lipinski definition) is 3. The van der Waals surface area contributed by atoms with Crippen LogP contribution < -0.4 is 5.32 Å². The number of imidazole rings is 1. The van der Waals surface area contributed by atoms with E-state index in [1.807, 2.05) is 36.4 Å². The first-order chi connectivity index (χ1) is 12.3. The Hall–Kier alpha value is -2.66. The number of hydrogen-bond donors (Lipinski definition) is 2. The number of aromatic nitrogens is 2. The number of H-pyrrole nitrogens is 1. The average molecular weight is 335 g/mol. The molecule has 0 aliphatic carbocycles. The van der Waals surface area contributed by atoms with Crippen molar-refractivity contribution >= 4 is 16.9 Å². The molecule has 0 radical (unpaired) electrons. The molecule has 1 aliphatic heterocycles. The summed E-state index contributed by atoms with van der Waals surface area (Å²) in [5.41, 5.74) is 3.52. The molecule has 0 spiro atoms. The Balaban J connectivity index is 1.59.